The van der Waals surface area contributed by atoms with Gasteiger partial charge < -0.3 is 9.73 Å². The molecule has 0 saturated heterocycles. The van der Waals surface area contributed by atoms with Gasteiger partial charge in [-0.3, -0.25) is 0 Å². The van der Waals surface area contributed by atoms with Crippen molar-refractivity contribution in [3.8, 4) is 0 Å². The lowest BCUT2D eigenvalue weighted by molar-refractivity contribution is 0.446. The Labute approximate surface area is 112 Å². The number of nitrogens with one attached hydrogen (secondary N) is 1. The second kappa shape index (κ2) is 6.43. The molecule has 2 aromatic rings. The van der Waals surface area contributed by atoms with Crippen molar-refractivity contribution in [2.24, 2.45) is 0 Å². The summed E-state index contributed by atoms with van der Waals surface area (Å²) in [6, 6.07) is 6.75. The molecule has 4 nitrogen and oxygen atoms in total. The van der Waals surface area contributed by atoms with Crippen LogP contribution < -0.4 is 5.32 Å². The lowest BCUT2D eigenvalue weighted by atomic mass is 10.1. The maximum atomic E-state index is 12.8. The van der Waals surface area contributed by atoms with Crippen molar-refractivity contribution in [3.05, 3.63) is 47.4 Å². The number of aromatic nitrogens is 2. The van der Waals surface area contributed by atoms with E-state index in [-0.39, 0.29) is 5.82 Å². The van der Waals surface area contributed by atoms with Crippen LogP contribution in [-0.2, 0) is 12.8 Å². The van der Waals surface area contributed by atoms with Gasteiger partial charge in [0.2, 0.25) is 11.8 Å². The fourth-order valence-electron chi connectivity index (χ4n) is 1.71. The summed E-state index contributed by atoms with van der Waals surface area (Å²) >= 11 is 0. The number of hydrogen-bond acceptors (Lipinski definition) is 4. The first kappa shape index (κ1) is 13.7. The Kier molecular flexibility index (Phi) is 4.63. The van der Waals surface area contributed by atoms with E-state index in [0.29, 0.717) is 30.7 Å². The molecule has 0 aliphatic carbocycles. The molecule has 0 atom stereocenters. The van der Waals surface area contributed by atoms with Crippen LogP contribution in [-0.4, -0.2) is 22.8 Å². The van der Waals surface area contributed by atoms with Crippen LogP contribution >= 0.6 is 0 Å². The van der Waals surface area contributed by atoms with Gasteiger partial charge in [0.1, 0.15) is 5.82 Å². The zero-order valence-corrected chi connectivity index (χ0v) is 11.2. The van der Waals surface area contributed by atoms with Crippen molar-refractivity contribution >= 4 is 0 Å². The molecular formula is C14H18FN3O. The third kappa shape index (κ3) is 4.44. The third-order valence-corrected chi connectivity index (χ3v) is 2.67. The van der Waals surface area contributed by atoms with E-state index in [0.717, 1.165) is 12.1 Å². The summed E-state index contributed by atoms with van der Waals surface area (Å²) in [5.74, 6) is 0.950. The molecule has 0 bridgehead atoms. The second-order valence-corrected chi connectivity index (χ2v) is 4.75. The van der Waals surface area contributed by atoms with Gasteiger partial charge in [0.25, 0.3) is 0 Å². The molecule has 0 aliphatic heterocycles. The lowest BCUT2D eigenvalue weighted by Gasteiger charge is -2.04. The SMILES string of the molecule is CC(C)NCCc1nnc(Cc2ccc(F)cc2)o1. The Morgan fingerprint density at radius 1 is 1.16 bits per heavy atom. The standard InChI is InChI=1S/C14H18FN3O/c1-10(2)16-8-7-13-17-18-14(19-13)9-11-3-5-12(15)6-4-11/h3-6,10,16H,7-9H2,1-2H3. The molecule has 0 aliphatic rings. The van der Waals surface area contributed by atoms with E-state index in [1.54, 1.807) is 12.1 Å². The monoisotopic (exact) mass is 263 g/mol. The van der Waals surface area contributed by atoms with Gasteiger partial charge in [-0.25, -0.2) is 4.39 Å². The molecule has 0 amide bonds. The minimum absolute atomic E-state index is 0.241. The van der Waals surface area contributed by atoms with Crippen LogP contribution in [0.5, 0.6) is 0 Å². The molecule has 0 saturated carbocycles. The first-order valence-electron chi connectivity index (χ1n) is 6.42. The average Bonchev–Trinajstić information content (AvgIpc) is 2.79. The predicted octanol–water partition coefficient (Wildman–Crippen LogP) is 2.34. The number of halogens is 1. The van der Waals surface area contributed by atoms with Crippen molar-refractivity contribution in [3.63, 3.8) is 0 Å². The Morgan fingerprint density at radius 2 is 1.84 bits per heavy atom. The van der Waals surface area contributed by atoms with E-state index in [1.165, 1.54) is 12.1 Å². The first-order valence-corrected chi connectivity index (χ1v) is 6.42. The third-order valence-electron chi connectivity index (χ3n) is 2.67. The van der Waals surface area contributed by atoms with Crippen LogP contribution in [0.2, 0.25) is 0 Å². The number of hydrogen-bond donors (Lipinski definition) is 1. The van der Waals surface area contributed by atoms with Crippen molar-refractivity contribution in [1.82, 2.24) is 15.5 Å². The van der Waals surface area contributed by atoms with E-state index in [2.05, 4.69) is 29.4 Å². The molecule has 102 valence electrons. The summed E-state index contributed by atoms with van der Waals surface area (Å²) in [4.78, 5) is 0. The highest BCUT2D eigenvalue weighted by Crippen LogP contribution is 2.09. The lowest BCUT2D eigenvalue weighted by Crippen LogP contribution is -2.25. The van der Waals surface area contributed by atoms with Crippen molar-refractivity contribution < 1.29 is 8.81 Å². The highest BCUT2D eigenvalue weighted by Gasteiger charge is 2.07. The Bertz CT molecular complexity index is 508. The van der Waals surface area contributed by atoms with E-state index >= 15 is 0 Å². The summed E-state index contributed by atoms with van der Waals surface area (Å²) in [5, 5.41) is 11.3. The normalized spacial score (nSPS) is 11.2. The zero-order chi connectivity index (χ0) is 13.7. The maximum absolute atomic E-state index is 12.8. The molecule has 0 spiro atoms. The fourth-order valence-corrected chi connectivity index (χ4v) is 1.71. The second-order valence-electron chi connectivity index (χ2n) is 4.75. The summed E-state index contributed by atoms with van der Waals surface area (Å²) in [5.41, 5.74) is 0.955. The summed E-state index contributed by atoms with van der Waals surface area (Å²) in [6.45, 7) is 5.00. The van der Waals surface area contributed by atoms with Crippen LogP contribution in [0.15, 0.2) is 28.7 Å². The minimum Gasteiger partial charge on any atom is -0.425 e. The van der Waals surface area contributed by atoms with Crippen LogP contribution in [0.25, 0.3) is 0 Å². The average molecular weight is 263 g/mol. The smallest absolute Gasteiger partial charge is 0.220 e. The van der Waals surface area contributed by atoms with Crippen molar-refractivity contribution in [1.29, 1.82) is 0 Å². The maximum Gasteiger partial charge on any atom is 0.220 e. The topological polar surface area (TPSA) is 51.0 Å². The summed E-state index contributed by atoms with van der Waals surface area (Å²) in [7, 11) is 0. The van der Waals surface area contributed by atoms with Gasteiger partial charge in [-0.1, -0.05) is 26.0 Å². The quantitative estimate of drug-likeness (QED) is 0.869. The highest BCUT2D eigenvalue weighted by atomic mass is 19.1. The number of benzene rings is 1. The molecule has 0 radical (unpaired) electrons. The Morgan fingerprint density at radius 3 is 2.53 bits per heavy atom. The molecule has 1 heterocycles. The van der Waals surface area contributed by atoms with E-state index in [1.807, 2.05) is 0 Å². The molecule has 0 unspecified atom stereocenters. The van der Waals surface area contributed by atoms with Gasteiger partial charge in [-0.15, -0.1) is 10.2 Å². The number of nitrogens with zero attached hydrogens (tertiary/aromatic N) is 2. The van der Waals surface area contributed by atoms with Crippen LogP contribution in [0.4, 0.5) is 4.39 Å². The molecule has 0 fully saturated rings. The molecule has 2 rings (SSSR count). The van der Waals surface area contributed by atoms with Gasteiger partial charge in [0.15, 0.2) is 0 Å². The molecule has 1 aromatic carbocycles. The highest BCUT2D eigenvalue weighted by molar-refractivity contribution is 5.18. The largest absolute Gasteiger partial charge is 0.425 e. The zero-order valence-electron chi connectivity index (χ0n) is 11.2. The van der Waals surface area contributed by atoms with Crippen LogP contribution in [0, 0.1) is 5.82 Å². The van der Waals surface area contributed by atoms with Gasteiger partial charge in [-0.05, 0) is 17.7 Å². The van der Waals surface area contributed by atoms with Gasteiger partial charge in [0, 0.05) is 19.0 Å². The van der Waals surface area contributed by atoms with E-state index in [9.17, 15) is 4.39 Å². The number of rotatable bonds is 6. The van der Waals surface area contributed by atoms with E-state index in [4.69, 9.17) is 4.42 Å². The van der Waals surface area contributed by atoms with Crippen LogP contribution in [0.1, 0.15) is 31.2 Å². The predicted molar refractivity (Wildman–Crippen MR) is 70.3 cm³/mol. The Hall–Kier alpha value is -1.75. The van der Waals surface area contributed by atoms with E-state index < -0.39 is 0 Å². The fraction of sp³-hybridized carbons (Fsp3) is 0.429. The van der Waals surface area contributed by atoms with Gasteiger partial charge in [-0.2, -0.15) is 0 Å². The van der Waals surface area contributed by atoms with Crippen molar-refractivity contribution in [2.75, 3.05) is 6.54 Å². The summed E-state index contributed by atoms with van der Waals surface area (Å²) in [6.07, 6.45) is 1.25. The molecule has 19 heavy (non-hydrogen) atoms. The van der Waals surface area contributed by atoms with Crippen molar-refractivity contribution in [2.45, 2.75) is 32.7 Å². The first-order chi connectivity index (χ1) is 9.13. The van der Waals surface area contributed by atoms with Gasteiger partial charge >= 0.3 is 0 Å². The Balaban J connectivity index is 1.88. The molecule has 1 N–H and O–H groups in total. The summed E-state index contributed by atoms with van der Waals surface area (Å²) < 4.78 is 18.3. The van der Waals surface area contributed by atoms with Gasteiger partial charge in [0.05, 0.1) is 6.42 Å². The molecule has 5 heteroatoms. The molecular weight excluding hydrogens is 245 g/mol. The van der Waals surface area contributed by atoms with Crippen LogP contribution in [0.3, 0.4) is 0 Å². The molecule has 1 aromatic heterocycles. The minimum atomic E-state index is -0.241.